The van der Waals surface area contributed by atoms with Crippen LogP contribution < -0.4 is 11.3 Å². The fourth-order valence-corrected chi connectivity index (χ4v) is 2.78. The van der Waals surface area contributed by atoms with Crippen molar-refractivity contribution in [3.8, 4) is 0 Å². The molecule has 1 aliphatic heterocycles. The third-order valence-corrected chi connectivity index (χ3v) is 4.00. The molecule has 2 rings (SSSR count). The Morgan fingerprint density at radius 1 is 1.44 bits per heavy atom. The van der Waals surface area contributed by atoms with E-state index in [1.807, 2.05) is 30.0 Å². The highest BCUT2D eigenvalue weighted by Crippen LogP contribution is 2.25. The van der Waals surface area contributed by atoms with Crippen molar-refractivity contribution < 1.29 is 4.74 Å². The molecule has 0 radical (unpaired) electrons. The minimum atomic E-state index is 0.713. The summed E-state index contributed by atoms with van der Waals surface area (Å²) in [5.74, 6) is 6.99. The molecule has 4 nitrogen and oxygen atoms in total. The summed E-state index contributed by atoms with van der Waals surface area (Å²) in [6.45, 7) is 1.80. The number of pyridine rings is 1. The first kappa shape index (κ1) is 11.7. The van der Waals surface area contributed by atoms with E-state index < -0.39 is 0 Å². The Morgan fingerprint density at radius 2 is 2.25 bits per heavy atom. The molecule has 16 heavy (non-hydrogen) atoms. The van der Waals surface area contributed by atoms with Gasteiger partial charge in [0, 0.05) is 24.2 Å². The first-order valence-corrected chi connectivity index (χ1v) is 6.55. The van der Waals surface area contributed by atoms with Gasteiger partial charge in [-0.3, -0.25) is 0 Å². The number of thioether (sulfide) groups is 1. The van der Waals surface area contributed by atoms with Crippen molar-refractivity contribution in [3.05, 3.63) is 23.9 Å². The Balaban J connectivity index is 1.83. The lowest BCUT2D eigenvalue weighted by Crippen LogP contribution is -2.17. The smallest absolute Gasteiger partial charge is 0.140 e. The third-order valence-electron chi connectivity index (χ3n) is 2.59. The van der Waals surface area contributed by atoms with Crippen molar-refractivity contribution in [3.63, 3.8) is 0 Å². The number of aromatic nitrogens is 1. The van der Waals surface area contributed by atoms with E-state index in [0.29, 0.717) is 5.25 Å². The zero-order valence-electron chi connectivity index (χ0n) is 9.19. The normalized spacial score (nSPS) is 17.3. The van der Waals surface area contributed by atoms with E-state index in [-0.39, 0.29) is 0 Å². The highest BCUT2D eigenvalue weighted by atomic mass is 32.2. The number of rotatable bonds is 4. The second-order valence-corrected chi connectivity index (χ2v) is 5.07. The van der Waals surface area contributed by atoms with Crippen LogP contribution in [0.3, 0.4) is 0 Å². The van der Waals surface area contributed by atoms with Crippen molar-refractivity contribution in [1.29, 1.82) is 0 Å². The number of nitrogens with zero attached hydrogens (tertiary/aromatic N) is 1. The molecule has 0 aromatic carbocycles. The Kier molecular flexibility index (Phi) is 4.44. The van der Waals surface area contributed by atoms with E-state index in [1.54, 1.807) is 0 Å². The van der Waals surface area contributed by atoms with Gasteiger partial charge in [-0.05, 0) is 25.0 Å². The number of hydrogen-bond acceptors (Lipinski definition) is 5. The van der Waals surface area contributed by atoms with E-state index in [2.05, 4.69) is 10.4 Å². The molecule has 0 unspecified atom stereocenters. The second-order valence-electron chi connectivity index (χ2n) is 3.78. The molecule has 0 aliphatic carbocycles. The van der Waals surface area contributed by atoms with Gasteiger partial charge in [0.05, 0.1) is 5.69 Å². The van der Waals surface area contributed by atoms with Crippen LogP contribution in [0, 0.1) is 0 Å². The minimum Gasteiger partial charge on any atom is -0.381 e. The highest BCUT2D eigenvalue weighted by molar-refractivity contribution is 7.99. The van der Waals surface area contributed by atoms with Crippen LogP contribution >= 0.6 is 11.8 Å². The molecule has 1 aliphatic rings. The van der Waals surface area contributed by atoms with Gasteiger partial charge in [0.15, 0.2) is 0 Å². The van der Waals surface area contributed by atoms with Gasteiger partial charge in [-0.1, -0.05) is 6.07 Å². The van der Waals surface area contributed by atoms with Crippen molar-refractivity contribution in [2.75, 3.05) is 18.6 Å². The van der Waals surface area contributed by atoms with Gasteiger partial charge in [0.2, 0.25) is 0 Å². The maximum Gasteiger partial charge on any atom is 0.140 e. The van der Waals surface area contributed by atoms with Gasteiger partial charge in [-0.25, -0.2) is 10.8 Å². The third kappa shape index (κ3) is 3.37. The zero-order chi connectivity index (χ0) is 11.2. The van der Waals surface area contributed by atoms with Gasteiger partial charge in [0.1, 0.15) is 5.82 Å². The molecule has 0 saturated carbocycles. The molecule has 0 bridgehead atoms. The highest BCUT2D eigenvalue weighted by Gasteiger charge is 2.14. The number of hydrogen-bond donors (Lipinski definition) is 2. The van der Waals surface area contributed by atoms with Gasteiger partial charge in [-0.2, -0.15) is 11.8 Å². The molecule has 5 heteroatoms. The van der Waals surface area contributed by atoms with Crippen LogP contribution in [0.4, 0.5) is 5.82 Å². The predicted octanol–water partition coefficient (Wildman–Crippen LogP) is 1.78. The molecule has 1 fully saturated rings. The maximum absolute atomic E-state index is 5.33. The summed E-state index contributed by atoms with van der Waals surface area (Å²) in [4.78, 5) is 4.39. The van der Waals surface area contributed by atoms with Crippen LogP contribution in [-0.4, -0.2) is 23.4 Å². The lowest BCUT2D eigenvalue weighted by atomic mass is 10.2. The van der Waals surface area contributed by atoms with Crippen LogP contribution in [-0.2, 0) is 10.5 Å². The van der Waals surface area contributed by atoms with Crippen molar-refractivity contribution in [1.82, 2.24) is 4.98 Å². The lowest BCUT2D eigenvalue weighted by Gasteiger charge is -2.21. The Bertz CT molecular complexity index is 329. The molecule has 3 N–H and O–H groups in total. The summed E-state index contributed by atoms with van der Waals surface area (Å²) < 4.78 is 5.33. The summed E-state index contributed by atoms with van der Waals surface area (Å²) in [6.07, 6.45) is 2.30. The Labute approximate surface area is 99.9 Å². The van der Waals surface area contributed by atoms with Crippen LogP contribution in [0.5, 0.6) is 0 Å². The summed E-state index contributed by atoms with van der Waals surface area (Å²) >= 11 is 1.96. The maximum atomic E-state index is 5.33. The van der Waals surface area contributed by atoms with Gasteiger partial charge in [0.25, 0.3) is 0 Å². The lowest BCUT2D eigenvalue weighted by molar-refractivity contribution is 0.1000. The Hall–Kier alpha value is -0.780. The average molecular weight is 239 g/mol. The number of nitrogens with two attached hydrogens (primary N) is 1. The van der Waals surface area contributed by atoms with E-state index >= 15 is 0 Å². The van der Waals surface area contributed by atoms with Crippen LogP contribution in [0.1, 0.15) is 18.5 Å². The molecule has 1 aromatic heterocycles. The summed E-state index contributed by atoms with van der Waals surface area (Å²) in [5, 5.41) is 0.713. The van der Waals surface area contributed by atoms with Crippen molar-refractivity contribution in [2.24, 2.45) is 5.84 Å². The quantitative estimate of drug-likeness (QED) is 0.619. The second kappa shape index (κ2) is 6.08. The average Bonchev–Trinajstić information content (AvgIpc) is 2.38. The summed E-state index contributed by atoms with van der Waals surface area (Å²) in [5.41, 5.74) is 3.64. The number of anilines is 1. The standard InChI is InChI=1S/C11H17N3OS/c12-14-11-3-1-2-9(13-11)8-16-10-4-6-15-7-5-10/h1-3,10H,4-8,12H2,(H,13,14). The first-order chi connectivity index (χ1) is 7.88. The topological polar surface area (TPSA) is 60.2 Å². The monoisotopic (exact) mass is 239 g/mol. The largest absolute Gasteiger partial charge is 0.381 e. The van der Waals surface area contributed by atoms with Crippen LogP contribution in [0.2, 0.25) is 0 Å². The van der Waals surface area contributed by atoms with E-state index in [1.165, 1.54) is 0 Å². The van der Waals surface area contributed by atoms with Gasteiger partial charge in [-0.15, -0.1) is 0 Å². The van der Waals surface area contributed by atoms with E-state index in [0.717, 1.165) is 43.3 Å². The molecule has 0 amide bonds. The molecule has 88 valence electrons. The predicted molar refractivity (Wildman–Crippen MR) is 67.2 cm³/mol. The minimum absolute atomic E-state index is 0.713. The fraction of sp³-hybridized carbons (Fsp3) is 0.545. The summed E-state index contributed by atoms with van der Waals surface area (Å²) in [7, 11) is 0. The molecule has 2 heterocycles. The molecule has 1 saturated heterocycles. The number of nitrogens with one attached hydrogen (secondary N) is 1. The molecule has 0 spiro atoms. The molecular formula is C11H17N3OS. The first-order valence-electron chi connectivity index (χ1n) is 5.50. The van der Waals surface area contributed by atoms with Crippen molar-refractivity contribution >= 4 is 17.6 Å². The molecule has 1 aromatic rings. The van der Waals surface area contributed by atoms with Gasteiger partial charge >= 0.3 is 0 Å². The Morgan fingerprint density at radius 3 is 3.00 bits per heavy atom. The zero-order valence-corrected chi connectivity index (χ0v) is 10.0. The number of hydrazine groups is 1. The number of ether oxygens (including phenoxy) is 1. The van der Waals surface area contributed by atoms with E-state index in [9.17, 15) is 0 Å². The summed E-state index contributed by atoms with van der Waals surface area (Å²) in [6, 6.07) is 5.87. The van der Waals surface area contributed by atoms with E-state index in [4.69, 9.17) is 10.6 Å². The van der Waals surface area contributed by atoms with Crippen LogP contribution in [0.15, 0.2) is 18.2 Å². The SMILES string of the molecule is NNc1cccc(CSC2CCOCC2)n1. The van der Waals surface area contributed by atoms with Gasteiger partial charge < -0.3 is 10.2 Å². The molecular weight excluding hydrogens is 222 g/mol. The van der Waals surface area contributed by atoms with Crippen LogP contribution in [0.25, 0.3) is 0 Å². The van der Waals surface area contributed by atoms with Crippen molar-refractivity contribution in [2.45, 2.75) is 23.8 Å². The fourth-order valence-electron chi connectivity index (χ4n) is 1.69. The number of nitrogen functional groups attached to an aromatic ring is 1. The molecule has 0 atom stereocenters.